The van der Waals surface area contributed by atoms with E-state index < -0.39 is 18.0 Å². The summed E-state index contributed by atoms with van der Waals surface area (Å²) in [5.74, 6) is 1.21. The summed E-state index contributed by atoms with van der Waals surface area (Å²) in [4.78, 5) is 22.4. The molecule has 0 aromatic rings. The summed E-state index contributed by atoms with van der Waals surface area (Å²) in [6.45, 7) is 5.41. The highest BCUT2D eigenvalue weighted by Gasteiger charge is 2.23. The number of hydrogen-bond acceptors (Lipinski definition) is 2. The van der Waals surface area contributed by atoms with Gasteiger partial charge in [-0.25, -0.2) is 9.59 Å². The van der Waals surface area contributed by atoms with Gasteiger partial charge in [-0.1, -0.05) is 33.1 Å². The first kappa shape index (κ1) is 15.3. The zero-order chi connectivity index (χ0) is 13.4. The van der Waals surface area contributed by atoms with E-state index in [4.69, 9.17) is 11.5 Å². The maximum absolute atomic E-state index is 11.5. The van der Waals surface area contributed by atoms with Crippen LogP contribution in [0.3, 0.4) is 0 Å². The Hall–Kier alpha value is -1.70. The van der Waals surface area contributed by atoms with E-state index in [1.165, 1.54) is 0 Å². The zero-order valence-corrected chi connectivity index (χ0v) is 10.5. The fourth-order valence-electron chi connectivity index (χ4n) is 1.34. The first-order chi connectivity index (χ1) is 7.92. The summed E-state index contributed by atoms with van der Waals surface area (Å²) in [6, 6.07) is -1.81. The molecule has 0 bridgehead atoms. The molecule has 0 aromatic carbocycles. The summed E-state index contributed by atoms with van der Waals surface area (Å²) >= 11 is 0. The highest BCUT2D eigenvalue weighted by molar-refractivity contribution is 5.83. The van der Waals surface area contributed by atoms with E-state index in [0.717, 1.165) is 6.42 Å². The summed E-state index contributed by atoms with van der Waals surface area (Å²) in [5, 5.41) is 13.9. The summed E-state index contributed by atoms with van der Waals surface area (Å²) in [6.07, 6.45) is 6.77. The van der Waals surface area contributed by atoms with E-state index in [0.29, 0.717) is 6.42 Å². The Labute approximate surface area is 102 Å². The number of rotatable bonds is 6. The Morgan fingerprint density at radius 3 is 2.29 bits per heavy atom. The molecule has 0 radical (unpaired) electrons. The quantitative estimate of drug-likeness (QED) is 0.610. The van der Waals surface area contributed by atoms with Crippen molar-refractivity contribution < 1.29 is 14.7 Å². The number of urea groups is 1. The number of carbonyl (C=O) groups is 2. The van der Waals surface area contributed by atoms with Gasteiger partial charge >= 0.3 is 12.0 Å². The van der Waals surface area contributed by atoms with Crippen LogP contribution in [0.15, 0.2) is 0 Å². The first-order valence-electron chi connectivity index (χ1n) is 5.68. The van der Waals surface area contributed by atoms with Crippen LogP contribution in [0.1, 0.15) is 33.6 Å². The van der Waals surface area contributed by atoms with Gasteiger partial charge in [-0.15, -0.1) is 6.42 Å². The van der Waals surface area contributed by atoms with Crippen LogP contribution in [0.2, 0.25) is 0 Å². The molecule has 0 aliphatic heterocycles. The van der Waals surface area contributed by atoms with Crippen molar-refractivity contribution in [2.45, 2.75) is 45.7 Å². The summed E-state index contributed by atoms with van der Waals surface area (Å²) in [7, 11) is 0. The maximum Gasteiger partial charge on any atom is 0.326 e. The molecule has 0 spiro atoms. The molecule has 96 valence electrons. The lowest BCUT2D eigenvalue weighted by Crippen LogP contribution is -2.50. The minimum absolute atomic E-state index is 0.186. The molecule has 0 rings (SSSR count). The average molecular weight is 240 g/mol. The molecule has 0 aliphatic rings. The Balaban J connectivity index is 4.33. The van der Waals surface area contributed by atoms with Gasteiger partial charge in [-0.2, -0.15) is 0 Å². The van der Waals surface area contributed by atoms with E-state index in [9.17, 15) is 9.59 Å². The van der Waals surface area contributed by atoms with Crippen molar-refractivity contribution in [2.75, 3.05) is 0 Å². The largest absolute Gasteiger partial charge is 0.480 e. The predicted octanol–water partition coefficient (Wildman–Crippen LogP) is 1.20. The molecule has 2 unspecified atom stereocenters. The van der Waals surface area contributed by atoms with Gasteiger partial charge in [0.1, 0.15) is 6.04 Å². The van der Waals surface area contributed by atoms with E-state index >= 15 is 0 Å². The number of hydrogen-bond donors (Lipinski definition) is 3. The van der Waals surface area contributed by atoms with Crippen molar-refractivity contribution in [2.24, 2.45) is 5.92 Å². The van der Waals surface area contributed by atoms with Crippen molar-refractivity contribution in [3.63, 3.8) is 0 Å². The van der Waals surface area contributed by atoms with Gasteiger partial charge in [0.2, 0.25) is 0 Å². The topological polar surface area (TPSA) is 78.4 Å². The van der Waals surface area contributed by atoms with Crippen molar-refractivity contribution in [1.82, 2.24) is 10.6 Å². The Morgan fingerprint density at radius 1 is 1.35 bits per heavy atom. The Kier molecular flexibility index (Phi) is 6.80. The van der Waals surface area contributed by atoms with Crippen LogP contribution < -0.4 is 10.6 Å². The molecular formula is C12H20N2O3. The molecular weight excluding hydrogens is 220 g/mol. The second-order valence-electron chi connectivity index (χ2n) is 4.19. The Bertz CT molecular complexity index is 307. The molecule has 0 heterocycles. The van der Waals surface area contributed by atoms with Crippen LogP contribution in [0, 0.1) is 18.3 Å². The highest BCUT2D eigenvalue weighted by Crippen LogP contribution is 2.02. The van der Waals surface area contributed by atoms with Crippen molar-refractivity contribution in [3.05, 3.63) is 0 Å². The lowest BCUT2D eigenvalue weighted by Gasteiger charge is -2.20. The molecule has 5 nitrogen and oxygen atoms in total. The summed E-state index contributed by atoms with van der Waals surface area (Å²) < 4.78 is 0. The number of carbonyl (C=O) groups excluding carboxylic acids is 1. The van der Waals surface area contributed by atoms with Crippen molar-refractivity contribution in [3.8, 4) is 12.3 Å². The monoisotopic (exact) mass is 240 g/mol. The van der Waals surface area contributed by atoms with E-state index in [-0.39, 0.29) is 12.0 Å². The molecule has 17 heavy (non-hydrogen) atoms. The minimum atomic E-state index is -1.05. The van der Waals surface area contributed by atoms with Crippen LogP contribution in [-0.2, 0) is 4.79 Å². The van der Waals surface area contributed by atoms with Gasteiger partial charge in [0.25, 0.3) is 0 Å². The third-order valence-corrected chi connectivity index (χ3v) is 2.30. The van der Waals surface area contributed by atoms with Gasteiger partial charge in [-0.05, 0) is 12.3 Å². The minimum Gasteiger partial charge on any atom is -0.480 e. The second-order valence-corrected chi connectivity index (χ2v) is 4.19. The predicted molar refractivity (Wildman–Crippen MR) is 65.5 cm³/mol. The number of carboxylic acids is 1. The normalized spacial score (nSPS) is 13.6. The first-order valence-corrected chi connectivity index (χ1v) is 5.68. The van der Waals surface area contributed by atoms with Crippen molar-refractivity contribution in [1.29, 1.82) is 0 Å². The average Bonchev–Trinajstić information content (AvgIpc) is 2.24. The molecule has 0 fully saturated rings. The number of aliphatic carboxylic acids is 1. The number of carboxylic acid groups (broad SMARTS) is 1. The smallest absolute Gasteiger partial charge is 0.326 e. The molecule has 0 aromatic heterocycles. The Morgan fingerprint density at radius 2 is 1.94 bits per heavy atom. The van der Waals surface area contributed by atoms with Crippen LogP contribution >= 0.6 is 0 Å². The molecule has 3 N–H and O–H groups in total. The van der Waals surface area contributed by atoms with E-state index in [1.807, 2.05) is 6.92 Å². The highest BCUT2D eigenvalue weighted by atomic mass is 16.4. The van der Waals surface area contributed by atoms with Crippen LogP contribution in [-0.4, -0.2) is 29.2 Å². The fraction of sp³-hybridized carbons (Fsp3) is 0.667. The second kappa shape index (κ2) is 7.55. The fourth-order valence-corrected chi connectivity index (χ4v) is 1.34. The molecule has 2 atom stereocenters. The SMILES string of the molecule is C#CC(CCC)NC(=O)NC(C(=O)O)C(C)C. The molecule has 0 saturated carbocycles. The standard InChI is InChI=1S/C12H20N2O3/c1-5-7-9(6-2)13-12(17)14-10(8(3)4)11(15)16/h2,8-10H,5,7H2,1,3-4H3,(H,15,16)(H2,13,14,17). The summed E-state index contributed by atoms with van der Waals surface area (Å²) in [5.41, 5.74) is 0. The third-order valence-electron chi connectivity index (χ3n) is 2.30. The number of amides is 2. The molecule has 2 amide bonds. The zero-order valence-electron chi connectivity index (χ0n) is 10.5. The van der Waals surface area contributed by atoms with Crippen LogP contribution in [0.25, 0.3) is 0 Å². The lowest BCUT2D eigenvalue weighted by molar-refractivity contribution is -0.140. The van der Waals surface area contributed by atoms with Gasteiger partial charge in [0.05, 0.1) is 6.04 Å². The number of nitrogens with one attached hydrogen (secondary N) is 2. The molecule has 5 heteroatoms. The van der Waals surface area contributed by atoms with Crippen LogP contribution in [0.5, 0.6) is 0 Å². The molecule has 0 aliphatic carbocycles. The van der Waals surface area contributed by atoms with Crippen LogP contribution in [0.4, 0.5) is 4.79 Å². The van der Waals surface area contributed by atoms with E-state index in [1.54, 1.807) is 13.8 Å². The third kappa shape index (κ3) is 5.81. The van der Waals surface area contributed by atoms with Gasteiger partial charge in [-0.3, -0.25) is 0 Å². The number of terminal acetylenes is 1. The van der Waals surface area contributed by atoms with Gasteiger partial charge in [0.15, 0.2) is 0 Å². The lowest BCUT2D eigenvalue weighted by atomic mass is 10.1. The maximum atomic E-state index is 11.5. The van der Waals surface area contributed by atoms with Gasteiger partial charge in [0, 0.05) is 0 Å². The van der Waals surface area contributed by atoms with E-state index in [2.05, 4.69) is 16.6 Å². The van der Waals surface area contributed by atoms with Gasteiger partial charge < -0.3 is 15.7 Å². The van der Waals surface area contributed by atoms with Crippen molar-refractivity contribution >= 4 is 12.0 Å². The molecule has 0 saturated heterocycles.